The molecule has 1 atom stereocenters. The average Bonchev–Trinajstić information content (AvgIpc) is 2.85. The summed E-state index contributed by atoms with van der Waals surface area (Å²) in [5.41, 5.74) is -0.855. The summed E-state index contributed by atoms with van der Waals surface area (Å²) in [4.78, 5) is 24.9. The van der Waals surface area contributed by atoms with Crippen LogP contribution in [0.5, 0.6) is 0 Å². The highest BCUT2D eigenvalue weighted by atomic mass is 35.5. The molecule has 1 amide bonds. The summed E-state index contributed by atoms with van der Waals surface area (Å²) in [7, 11) is -3.91. The Bertz CT molecular complexity index is 1380. The van der Waals surface area contributed by atoms with Gasteiger partial charge in [-0.25, -0.2) is 13.2 Å². The standard InChI is InChI=1S/C25H22ClF3N2O5S/c1-3-31(19-7-5-4-6-8-19)37(34,35)20-12-9-17(10-13-20)24(33)36-16(2)23(32)30-22-15-18(25(27,28)29)11-14-21(22)26/h4-16H,3H2,1-2H3,(H,30,32)/t16-/m0/s1. The van der Waals surface area contributed by atoms with Crippen molar-refractivity contribution in [2.24, 2.45) is 0 Å². The van der Waals surface area contributed by atoms with Crippen LogP contribution < -0.4 is 9.62 Å². The number of para-hydroxylation sites is 1. The van der Waals surface area contributed by atoms with Gasteiger partial charge in [0.1, 0.15) is 0 Å². The van der Waals surface area contributed by atoms with Crippen LogP contribution in [0.2, 0.25) is 5.02 Å². The third kappa shape index (κ3) is 6.60. The molecule has 3 rings (SSSR count). The molecule has 7 nitrogen and oxygen atoms in total. The Morgan fingerprint density at radius 2 is 1.65 bits per heavy atom. The molecule has 12 heteroatoms. The van der Waals surface area contributed by atoms with Crippen molar-refractivity contribution in [1.82, 2.24) is 0 Å². The number of sulfonamides is 1. The third-order valence-corrected chi connectivity index (χ3v) is 7.46. The van der Waals surface area contributed by atoms with Crippen LogP contribution >= 0.6 is 11.6 Å². The number of halogens is 4. The number of carbonyl (C=O) groups excluding carboxylic acids is 2. The number of benzene rings is 3. The topological polar surface area (TPSA) is 92.8 Å². The van der Waals surface area contributed by atoms with Crippen molar-refractivity contribution in [2.75, 3.05) is 16.2 Å². The number of ether oxygens (including phenoxy) is 1. The molecule has 0 heterocycles. The Morgan fingerprint density at radius 1 is 1.03 bits per heavy atom. The molecule has 0 saturated carbocycles. The van der Waals surface area contributed by atoms with E-state index >= 15 is 0 Å². The van der Waals surface area contributed by atoms with Crippen molar-refractivity contribution in [1.29, 1.82) is 0 Å². The van der Waals surface area contributed by atoms with Crippen molar-refractivity contribution in [3.05, 3.63) is 88.9 Å². The Labute approximate surface area is 216 Å². The monoisotopic (exact) mass is 554 g/mol. The fraction of sp³-hybridized carbons (Fsp3) is 0.200. The quantitative estimate of drug-likeness (QED) is 0.358. The third-order valence-electron chi connectivity index (χ3n) is 5.21. The molecule has 0 unspecified atom stereocenters. The Hall–Kier alpha value is -3.57. The zero-order valence-electron chi connectivity index (χ0n) is 19.6. The molecule has 0 aliphatic carbocycles. The Morgan fingerprint density at radius 3 is 2.22 bits per heavy atom. The number of nitrogens with one attached hydrogen (secondary N) is 1. The van der Waals surface area contributed by atoms with E-state index in [9.17, 15) is 31.2 Å². The van der Waals surface area contributed by atoms with E-state index in [-0.39, 0.29) is 27.7 Å². The number of alkyl halides is 3. The first-order valence-electron chi connectivity index (χ1n) is 10.9. The molecule has 0 aliphatic heterocycles. The van der Waals surface area contributed by atoms with E-state index in [0.29, 0.717) is 11.8 Å². The minimum Gasteiger partial charge on any atom is -0.449 e. The maximum atomic E-state index is 13.1. The lowest BCUT2D eigenvalue weighted by atomic mass is 10.2. The lowest BCUT2D eigenvalue weighted by Gasteiger charge is -2.23. The summed E-state index contributed by atoms with van der Waals surface area (Å²) in [6, 6.07) is 15.9. The number of hydrogen-bond donors (Lipinski definition) is 1. The Kier molecular flexibility index (Phi) is 8.49. The molecule has 3 aromatic rings. The first kappa shape index (κ1) is 28.0. The maximum Gasteiger partial charge on any atom is 0.416 e. The van der Waals surface area contributed by atoms with Crippen LogP contribution in [0.15, 0.2) is 77.7 Å². The van der Waals surface area contributed by atoms with Gasteiger partial charge in [-0.2, -0.15) is 13.2 Å². The first-order chi connectivity index (χ1) is 17.3. The summed E-state index contributed by atoms with van der Waals surface area (Å²) in [6.45, 7) is 3.10. The van der Waals surface area contributed by atoms with Crippen molar-refractivity contribution in [3.8, 4) is 0 Å². The minimum atomic E-state index is -4.64. The van der Waals surface area contributed by atoms with E-state index in [1.54, 1.807) is 37.3 Å². The molecule has 3 aromatic carbocycles. The molecule has 0 radical (unpaired) electrons. The van der Waals surface area contributed by atoms with E-state index < -0.39 is 39.7 Å². The summed E-state index contributed by atoms with van der Waals surface area (Å²) >= 11 is 5.88. The molecule has 196 valence electrons. The fourth-order valence-corrected chi connectivity index (χ4v) is 4.93. The maximum absolute atomic E-state index is 13.1. The number of hydrogen-bond acceptors (Lipinski definition) is 5. The number of rotatable bonds is 8. The van der Waals surface area contributed by atoms with Gasteiger partial charge in [-0.05, 0) is 68.4 Å². The van der Waals surface area contributed by atoms with Crippen LogP contribution in [-0.2, 0) is 25.7 Å². The number of esters is 1. The second-order valence-electron chi connectivity index (χ2n) is 7.76. The van der Waals surface area contributed by atoms with Gasteiger partial charge in [0.05, 0.1) is 32.4 Å². The number of amides is 1. The molecule has 0 fully saturated rings. The van der Waals surface area contributed by atoms with Gasteiger partial charge in [0.15, 0.2) is 6.10 Å². The van der Waals surface area contributed by atoms with Crippen LogP contribution in [0.1, 0.15) is 29.8 Å². The summed E-state index contributed by atoms with van der Waals surface area (Å²) in [6.07, 6.45) is -6.04. The normalized spacial score (nSPS) is 12.5. The van der Waals surface area contributed by atoms with E-state index in [1.807, 2.05) is 0 Å². The highest BCUT2D eigenvalue weighted by molar-refractivity contribution is 7.92. The highest BCUT2D eigenvalue weighted by Crippen LogP contribution is 2.34. The number of anilines is 2. The van der Waals surface area contributed by atoms with Gasteiger partial charge in [-0.15, -0.1) is 0 Å². The van der Waals surface area contributed by atoms with Crippen molar-refractivity contribution in [3.63, 3.8) is 0 Å². The average molecular weight is 555 g/mol. The van der Waals surface area contributed by atoms with Crippen LogP contribution in [-0.4, -0.2) is 32.9 Å². The number of nitrogens with zero attached hydrogens (tertiary/aromatic N) is 1. The van der Waals surface area contributed by atoms with Gasteiger partial charge in [-0.1, -0.05) is 29.8 Å². The van der Waals surface area contributed by atoms with Gasteiger partial charge in [-0.3, -0.25) is 9.10 Å². The van der Waals surface area contributed by atoms with Gasteiger partial charge < -0.3 is 10.1 Å². The predicted molar refractivity (Wildman–Crippen MR) is 133 cm³/mol. The van der Waals surface area contributed by atoms with Gasteiger partial charge in [0.2, 0.25) is 0 Å². The molecule has 37 heavy (non-hydrogen) atoms. The van der Waals surface area contributed by atoms with Crippen molar-refractivity contribution >= 4 is 44.9 Å². The summed E-state index contributed by atoms with van der Waals surface area (Å²) in [5.74, 6) is -1.84. The fourth-order valence-electron chi connectivity index (χ4n) is 3.29. The van der Waals surface area contributed by atoms with Gasteiger partial charge in [0.25, 0.3) is 15.9 Å². The second kappa shape index (κ2) is 11.2. The van der Waals surface area contributed by atoms with Crippen molar-refractivity contribution < 1.29 is 35.9 Å². The second-order valence-corrected chi connectivity index (χ2v) is 10.0. The lowest BCUT2D eigenvalue weighted by Crippen LogP contribution is -2.31. The van der Waals surface area contributed by atoms with Crippen LogP contribution in [0, 0.1) is 0 Å². The SMILES string of the molecule is CCN(c1ccccc1)S(=O)(=O)c1ccc(C(=O)O[C@@H](C)C(=O)Nc2cc(C(F)(F)F)ccc2Cl)cc1. The molecule has 0 spiro atoms. The van der Waals surface area contributed by atoms with Gasteiger partial charge >= 0.3 is 12.1 Å². The molecule has 1 N–H and O–H groups in total. The van der Waals surface area contributed by atoms with Gasteiger partial charge in [0, 0.05) is 6.54 Å². The largest absolute Gasteiger partial charge is 0.449 e. The van der Waals surface area contributed by atoms with E-state index in [1.165, 1.54) is 35.5 Å². The summed E-state index contributed by atoms with van der Waals surface area (Å²) in [5, 5.41) is 2.08. The van der Waals surface area contributed by atoms with Crippen LogP contribution in [0.3, 0.4) is 0 Å². The summed E-state index contributed by atoms with van der Waals surface area (Å²) < 4.78 is 71.3. The minimum absolute atomic E-state index is 0.0292. The van der Waals surface area contributed by atoms with Crippen LogP contribution in [0.4, 0.5) is 24.5 Å². The van der Waals surface area contributed by atoms with E-state index in [0.717, 1.165) is 12.1 Å². The lowest BCUT2D eigenvalue weighted by molar-refractivity contribution is -0.137. The molecule has 0 bridgehead atoms. The first-order valence-corrected chi connectivity index (χ1v) is 12.7. The van der Waals surface area contributed by atoms with E-state index in [4.69, 9.17) is 16.3 Å². The molecule has 0 aliphatic rings. The van der Waals surface area contributed by atoms with E-state index in [2.05, 4.69) is 5.32 Å². The molecular formula is C25H22ClF3N2O5S. The van der Waals surface area contributed by atoms with Crippen molar-refractivity contribution in [2.45, 2.75) is 31.0 Å². The highest BCUT2D eigenvalue weighted by Gasteiger charge is 2.31. The predicted octanol–water partition coefficient (Wildman–Crippen LogP) is 5.76. The molecular weight excluding hydrogens is 533 g/mol. The molecule has 0 saturated heterocycles. The zero-order chi connectivity index (χ0) is 27.4. The Balaban J connectivity index is 1.70. The molecule has 0 aromatic heterocycles. The number of carbonyl (C=O) groups is 2. The smallest absolute Gasteiger partial charge is 0.416 e. The zero-order valence-corrected chi connectivity index (χ0v) is 21.2. The van der Waals surface area contributed by atoms with Crippen LogP contribution in [0.25, 0.3) is 0 Å².